The number of hydrogen-bond acceptors (Lipinski definition) is 2. The van der Waals surface area contributed by atoms with Crippen LogP contribution in [-0.4, -0.2) is 11.1 Å². The Morgan fingerprint density at radius 2 is 1.70 bits per heavy atom. The van der Waals surface area contributed by atoms with E-state index in [4.69, 9.17) is 0 Å². The summed E-state index contributed by atoms with van der Waals surface area (Å²) in [6.07, 6.45) is 2.11. The molecule has 0 aromatic heterocycles. The van der Waals surface area contributed by atoms with Crippen molar-refractivity contribution in [2.75, 3.05) is 5.32 Å². The quantitative estimate of drug-likeness (QED) is 0.834. The molecule has 104 valence electrons. The third kappa shape index (κ3) is 3.38. The molecule has 2 rings (SSSR count). The molecule has 0 saturated heterocycles. The number of hydrogen-bond donors (Lipinski definition) is 2. The summed E-state index contributed by atoms with van der Waals surface area (Å²) in [5, 5.41) is 12.5. The van der Waals surface area contributed by atoms with Crippen LogP contribution in [0.25, 0.3) is 0 Å². The van der Waals surface area contributed by atoms with Crippen LogP contribution in [0.2, 0.25) is 0 Å². The lowest BCUT2D eigenvalue weighted by Gasteiger charge is -2.12. The van der Waals surface area contributed by atoms with Crippen LogP contribution in [0.4, 0.5) is 5.69 Å². The standard InChI is InChI=1S/C17H19NO2/c1-2-7-13-8-4-6-11-16(13)18-12-14-9-3-5-10-15(14)17(19)20/h3-6,8-11,18H,2,7,12H2,1H3,(H,19,20). The fourth-order valence-corrected chi connectivity index (χ4v) is 2.25. The molecular weight excluding hydrogens is 250 g/mol. The van der Waals surface area contributed by atoms with Crippen LogP contribution in [0.15, 0.2) is 48.5 Å². The molecule has 2 aromatic carbocycles. The Hall–Kier alpha value is -2.29. The Morgan fingerprint density at radius 1 is 1.05 bits per heavy atom. The average Bonchev–Trinajstić information content (AvgIpc) is 2.47. The smallest absolute Gasteiger partial charge is 0.336 e. The fourth-order valence-electron chi connectivity index (χ4n) is 2.25. The zero-order valence-electron chi connectivity index (χ0n) is 11.6. The molecule has 0 fully saturated rings. The van der Waals surface area contributed by atoms with Crippen LogP contribution in [-0.2, 0) is 13.0 Å². The van der Waals surface area contributed by atoms with Gasteiger partial charge in [-0.05, 0) is 29.7 Å². The summed E-state index contributed by atoms with van der Waals surface area (Å²) in [6, 6.07) is 15.3. The molecule has 0 spiro atoms. The highest BCUT2D eigenvalue weighted by Gasteiger charge is 2.09. The van der Waals surface area contributed by atoms with Crippen LogP contribution in [0.5, 0.6) is 0 Å². The van der Waals surface area contributed by atoms with Crippen molar-refractivity contribution in [3.05, 3.63) is 65.2 Å². The second kappa shape index (κ2) is 6.75. The molecule has 0 atom stereocenters. The Labute approximate surface area is 119 Å². The molecule has 2 aromatic rings. The molecule has 20 heavy (non-hydrogen) atoms. The van der Waals surface area contributed by atoms with Crippen molar-refractivity contribution < 1.29 is 9.90 Å². The van der Waals surface area contributed by atoms with Gasteiger partial charge in [-0.25, -0.2) is 4.79 Å². The number of para-hydroxylation sites is 1. The maximum Gasteiger partial charge on any atom is 0.336 e. The summed E-state index contributed by atoms with van der Waals surface area (Å²) in [7, 11) is 0. The summed E-state index contributed by atoms with van der Waals surface area (Å²) in [5.41, 5.74) is 3.50. The van der Waals surface area contributed by atoms with Crippen molar-refractivity contribution in [2.24, 2.45) is 0 Å². The number of aryl methyl sites for hydroxylation is 1. The van der Waals surface area contributed by atoms with Crippen molar-refractivity contribution >= 4 is 11.7 Å². The number of rotatable bonds is 6. The maximum absolute atomic E-state index is 11.2. The van der Waals surface area contributed by atoms with Crippen molar-refractivity contribution in [3.63, 3.8) is 0 Å². The second-order valence-electron chi connectivity index (χ2n) is 4.72. The monoisotopic (exact) mass is 269 g/mol. The van der Waals surface area contributed by atoms with Crippen LogP contribution in [0.1, 0.15) is 34.8 Å². The van der Waals surface area contributed by atoms with Gasteiger partial charge >= 0.3 is 5.97 Å². The van der Waals surface area contributed by atoms with Gasteiger partial charge < -0.3 is 10.4 Å². The Kier molecular flexibility index (Phi) is 4.77. The lowest BCUT2D eigenvalue weighted by atomic mass is 10.1. The van der Waals surface area contributed by atoms with Crippen LogP contribution >= 0.6 is 0 Å². The molecule has 0 aliphatic rings. The molecule has 3 heteroatoms. The minimum Gasteiger partial charge on any atom is -0.478 e. The van der Waals surface area contributed by atoms with Crippen LogP contribution in [0, 0.1) is 0 Å². The van der Waals surface area contributed by atoms with E-state index in [0.717, 1.165) is 24.1 Å². The number of carboxylic acid groups (broad SMARTS) is 1. The zero-order chi connectivity index (χ0) is 14.4. The minimum absolute atomic E-state index is 0.355. The number of benzene rings is 2. The highest BCUT2D eigenvalue weighted by molar-refractivity contribution is 5.89. The average molecular weight is 269 g/mol. The van der Waals surface area contributed by atoms with Gasteiger partial charge in [0.25, 0.3) is 0 Å². The summed E-state index contributed by atoms with van der Waals surface area (Å²) in [4.78, 5) is 11.2. The van der Waals surface area contributed by atoms with Gasteiger partial charge in [-0.2, -0.15) is 0 Å². The predicted octanol–water partition coefficient (Wildman–Crippen LogP) is 3.95. The number of nitrogens with one attached hydrogen (secondary N) is 1. The van der Waals surface area contributed by atoms with Gasteiger partial charge in [0, 0.05) is 12.2 Å². The lowest BCUT2D eigenvalue weighted by Crippen LogP contribution is -2.08. The van der Waals surface area contributed by atoms with Gasteiger partial charge in [0.05, 0.1) is 5.56 Å². The van der Waals surface area contributed by atoms with Gasteiger partial charge in [0.15, 0.2) is 0 Å². The minimum atomic E-state index is -0.885. The molecule has 2 N–H and O–H groups in total. The molecule has 0 aliphatic heterocycles. The first-order chi connectivity index (χ1) is 9.72. The molecular formula is C17H19NO2. The highest BCUT2D eigenvalue weighted by atomic mass is 16.4. The van der Waals surface area contributed by atoms with E-state index in [2.05, 4.69) is 18.3 Å². The number of carbonyl (C=O) groups is 1. The Bertz CT molecular complexity index is 593. The van der Waals surface area contributed by atoms with E-state index in [1.165, 1.54) is 5.56 Å². The summed E-state index contributed by atoms with van der Waals surface area (Å²) in [5.74, 6) is -0.885. The van der Waals surface area contributed by atoms with Gasteiger partial charge in [0.2, 0.25) is 0 Å². The van der Waals surface area contributed by atoms with Crippen molar-refractivity contribution in [2.45, 2.75) is 26.3 Å². The summed E-state index contributed by atoms with van der Waals surface area (Å²) in [6.45, 7) is 2.67. The first-order valence-electron chi connectivity index (χ1n) is 6.85. The molecule has 0 saturated carbocycles. The summed E-state index contributed by atoms with van der Waals surface area (Å²) < 4.78 is 0. The number of carboxylic acids is 1. The molecule has 0 unspecified atom stereocenters. The normalized spacial score (nSPS) is 10.2. The van der Waals surface area contributed by atoms with E-state index in [1.807, 2.05) is 30.3 Å². The van der Waals surface area contributed by atoms with E-state index >= 15 is 0 Å². The largest absolute Gasteiger partial charge is 0.478 e. The van der Waals surface area contributed by atoms with Crippen molar-refractivity contribution in [3.8, 4) is 0 Å². The Balaban J connectivity index is 2.15. The molecule has 0 radical (unpaired) electrons. The van der Waals surface area contributed by atoms with Crippen LogP contribution < -0.4 is 5.32 Å². The van der Waals surface area contributed by atoms with E-state index < -0.39 is 5.97 Å². The molecule has 3 nitrogen and oxygen atoms in total. The van der Waals surface area contributed by atoms with E-state index in [9.17, 15) is 9.90 Å². The Morgan fingerprint density at radius 3 is 2.40 bits per heavy atom. The van der Waals surface area contributed by atoms with E-state index in [0.29, 0.717) is 12.1 Å². The third-order valence-corrected chi connectivity index (χ3v) is 3.25. The van der Waals surface area contributed by atoms with Crippen molar-refractivity contribution in [1.82, 2.24) is 0 Å². The van der Waals surface area contributed by atoms with Gasteiger partial charge in [-0.1, -0.05) is 49.7 Å². The SMILES string of the molecule is CCCc1ccccc1NCc1ccccc1C(=O)O. The number of aromatic carboxylic acids is 1. The molecule has 0 heterocycles. The van der Waals surface area contributed by atoms with E-state index in [-0.39, 0.29) is 0 Å². The lowest BCUT2D eigenvalue weighted by molar-refractivity contribution is 0.0696. The second-order valence-corrected chi connectivity index (χ2v) is 4.72. The third-order valence-electron chi connectivity index (χ3n) is 3.25. The molecule has 0 amide bonds. The van der Waals surface area contributed by atoms with Crippen molar-refractivity contribution in [1.29, 1.82) is 0 Å². The maximum atomic E-state index is 11.2. The number of anilines is 1. The van der Waals surface area contributed by atoms with E-state index in [1.54, 1.807) is 12.1 Å². The van der Waals surface area contributed by atoms with Gasteiger partial charge in [-0.3, -0.25) is 0 Å². The zero-order valence-corrected chi connectivity index (χ0v) is 11.6. The first kappa shape index (κ1) is 14.1. The molecule has 0 aliphatic carbocycles. The topological polar surface area (TPSA) is 49.3 Å². The van der Waals surface area contributed by atoms with Gasteiger partial charge in [-0.15, -0.1) is 0 Å². The van der Waals surface area contributed by atoms with Crippen LogP contribution in [0.3, 0.4) is 0 Å². The molecule has 0 bridgehead atoms. The fraction of sp³-hybridized carbons (Fsp3) is 0.235. The predicted molar refractivity (Wildman–Crippen MR) is 81.2 cm³/mol. The first-order valence-corrected chi connectivity index (χ1v) is 6.85. The highest BCUT2D eigenvalue weighted by Crippen LogP contribution is 2.18. The van der Waals surface area contributed by atoms with Gasteiger partial charge in [0.1, 0.15) is 0 Å². The summed E-state index contributed by atoms with van der Waals surface area (Å²) >= 11 is 0.